The number of hydrogen-bond acceptors (Lipinski definition) is 6. The molecule has 1 N–H and O–H groups in total. The molecule has 9 heteroatoms. The van der Waals surface area contributed by atoms with Crippen molar-refractivity contribution in [2.24, 2.45) is 5.92 Å². The van der Waals surface area contributed by atoms with E-state index in [0.29, 0.717) is 41.6 Å². The Kier molecular flexibility index (Phi) is 6.58. The monoisotopic (exact) mass is 424 g/mol. The van der Waals surface area contributed by atoms with Crippen LogP contribution in [0.3, 0.4) is 0 Å². The van der Waals surface area contributed by atoms with E-state index >= 15 is 0 Å². The van der Waals surface area contributed by atoms with Crippen LogP contribution in [-0.2, 0) is 21.4 Å². The lowest BCUT2D eigenvalue weighted by Gasteiger charge is -2.30. The Morgan fingerprint density at radius 2 is 2.04 bits per heavy atom. The van der Waals surface area contributed by atoms with Crippen molar-refractivity contribution in [3.8, 4) is 11.5 Å². The summed E-state index contributed by atoms with van der Waals surface area (Å²) in [6.07, 6.45) is 1.34. The summed E-state index contributed by atoms with van der Waals surface area (Å²) < 4.78 is 37.6. The van der Waals surface area contributed by atoms with Crippen LogP contribution in [0.25, 0.3) is 0 Å². The standard InChI is InChI=1S/C19H24N2O5S2/c1-25-16-8-7-14(11-17(16)26-2)12-20-19(22)15-5-3-9-21(13-15)28(23,24)18-6-4-10-27-18/h4,6-8,10-11,15H,3,5,9,12-13H2,1-2H3,(H,20,22)/t15-/m0/s1. The highest BCUT2D eigenvalue weighted by molar-refractivity contribution is 7.91. The summed E-state index contributed by atoms with van der Waals surface area (Å²) in [5, 5.41) is 4.65. The minimum atomic E-state index is -3.53. The lowest BCUT2D eigenvalue weighted by Crippen LogP contribution is -2.45. The number of nitrogens with one attached hydrogen (secondary N) is 1. The molecule has 0 saturated carbocycles. The van der Waals surface area contributed by atoms with Gasteiger partial charge in [0, 0.05) is 19.6 Å². The van der Waals surface area contributed by atoms with Crippen LogP contribution in [0.5, 0.6) is 11.5 Å². The minimum Gasteiger partial charge on any atom is -0.493 e. The first kappa shape index (κ1) is 20.6. The zero-order chi connectivity index (χ0) is 20.1. The van der Waals surface area contributed by atoms with Crippen LogP contribution in [0, 0.1) is 5.92 Å². The Morgan fingerprint density at radius 3 is 2.71 bits per heavy atom. The van der Waals surface area contributed by atoms with Crippen LogP contribution in [-0.4, -0.2) is 45.9 Å². The van der Waals surface area contributed by atoms with Gasteiger partial charge < -0.3 is 14.8 Å². The van der Waals surface area contributed by atoms with E-state index < -0.39 is 10.0 Å². The van der Waals surface area contributed by atoms with Crippen molar-refractivity contribution in [1.82, 2.24) is 9.62 Å². The lowest BCUT2D eigenvalue weighted by molar-refractivity contribution is -0.126. The summed E-state index contributed by atoms with van der Waals surface area (Å²) in [6, 6.07) is 8.77. The van der Waals surface area contributed by atoms with Gasteiger partial charge in [-0.3, -0.25) is 4.79 Å². The normalized spacial score (nSPS) is 17.9. The molecule has 1 aromatic carbocycles. The van der Waals surface area contributed by atoms with Crippen LogP contribution < -0.4 is 14.8 Å². The molecule has 1 aliphatic rings. The zero-order valence-corrected chi connectivity index (χ0v) is 17.5. The molecule has 152 valence electrons. The summed E-state index contributed by atoms with van der Waals surface area (Å²) in [5.41, 5.74) is 0.880. The van der Waals surface area contributed by atoms with Crippen LogP contribution in [0.15, 0.2) is 39.9 Å². The number of methoxy groups -OCH3 is 2. The van der Waals surface area contributed by atoms with Crippen LogP contribution in [0.2, 0.25) is 0 Å². The molecule has 2 aromatic rings. The van der Waals surface area contributed by atoms with E-state index in [0.717, 1.165) is 5.56 Å². The highest BCUT2D eigenvalue weighted by Gasteiger charge is 2.33. The van der Waals surface area contributed by atoms with Crippen molar-refractivity contribution in [3.63, 3.8) is 0 Å². The van der Waals surface area contributed by atoms with Crippen LogP contribution in [0.1, 0.15) is 18.4 Å². The lowest BCUT2D eigenvalue weighted by atomic mass is 9.98. The summed E-state index contributed by atoms with van der Waals surface area (Å²) in [6.45, 7) is 0.991. The number of carbonyl (C=O) groups is 1. The highest BCUT2D eigenvalue weighted by Crippen LogP contribution is 2.28. The van der Waals surface area contributed by atoms with Gasteiger partial charge in [-0.05, 0) is 42.0 Å². The van der Waals surface area contributed by atoms with E-state index in [1.165, 1.54) is 15.6 Å². The Balaban J connectivity index is 1.62. The Bertz CT molecular complexity index is 912. The molecule has 7 nitrogen and oxygen atoms in total. The van der Waals surface area contributed by atoms with Crippen LogP contribution in [0.4, 0.5) is 0 Å². The fraction of sp³-hybridized carbons (Fsp3) is 0.421. The summed E-state index contributed by atoms with van der Waals surface area (Å²) in [7, 11) is -0.399. The molecular formula is C19H24N2O5S2. The fourth-order valence-corrected chi connectivity index (χ4v) is 5.90. The van der Waals surface area contributed by atoms with Crippen molar-refractivity contribution in [2.75, 3.05) is 27.3 Å². The maximum absolute atomic E-state index is 12.7. The third-order valence-electron chi connectivity index (χ3n) is 4.76. The SMILES string of the molecule is COc1ccc(CNC(=O)[C@H]2CCCN(S(=O)(=O)c3cccs3)C2)cc1OC. The Hall–Kier alpha value is -2.10. The maximum atomic E-state index is 12.7. The van der Waals surface area contributed by atoms with Gasteiger partial charge in [0.05, 0.1) is 20.1 Å². The van der Waals surface area contributed by atoms with Gasteiger partial charge in [-0.25, -0.2) is 8.42 Å². The first-order valence-corrected chi connectivity index (χ1v) is 11.3. The average molecular weight is 425 g/mol. The molecule has 1 saturated heterocycles. The van der Waals surface area contributed by atoms with E-state index in [9.17, 15) is 13.2 Å². The number of piperidine rings is 1. The molecule has 0 aliphatic carbocycles. The largest absolute Gasteiger partial charge is 0.493 e. The molecule has 1 aliphatic heterocycles. The number of ether oxygens (including phenoxy) is 2. The van der Waals surface area contributed by atoms with Gasteiger partial charge in [0.25, 0.3) is 10.0 Å². The third kappa shape index (κ3) is 4.48. The highest BCUT2D eigenvalue weighted by atomic mass is 32.2. The molecule has 1 fully saturated rings. The smallest absolute Gasteiger partial charge is 0.252 e. The molecule has 0 bridgehead atoms. The summed E-state index contributed by atoms with van der Waals surface area (Å²) in [4.78, 5) is 12.6. The molecule has 1 amide bonds. The number of nitrogens with zero attached hydrogens (tertiary/aromatic N) is 1. The summed E-state index contributed by atoms with van der Waals surface area (Å²) >= 11 is 1.19. The average Bonchev–Trinajstić information content (AvgIpc) is 3.27. The van der Waals surface area contributed by atoms with Crippen molar-refractivity contribution in [1.29, 1.82) is 0 Å². The molecule has 1 atom stereocenters. The van der Waals surface area contributed by atoms with Gasteiger partial charge in [0.2, 0.25) is 5.91 Å². The maximum Gasteiger partial charge on any atom is 0.252 e. The predicted octanol–water partition coefficient (Wildman–Crippen LogP) is 2.48. The molecule has 2 heterocycles. The molecule has 0 radical (unpaired) electrons. The second-order valence-corrected chi connectivity index (χ2v) is 9.65. The van der Waals surface area contributed by atoms with Gasteiger partial charge in [0.15, 0.2) is 11.5 Å². The van der Waals surface area contributed by atoms with Crippen molar-refractivity contribution < 1.29 is 22.7 Å². The van der Waals surface area contributed by atoms with Crippen LogP contribution >= 0.6 is 11.3 Å². The van der Waals surface area contributed by atoms with Gasteiger partial charge in [-0.2, -0.15) is 4.31 Å². The molecule has 0 spiro atoms. The van der Waals surface area contributed by atoms with Crippen molar-refractivity contribution >= 4 is 27.3 Å². The number of sulfonamides is 1. The number of benzene rings is 1. The molecular weight excluding hydrogens is 400 g/mol. The van der Waals surface area contributed by atoms with Gasteiger partial charge in [-0.1, -0.05) is 12.1 Å². The first-order chi connectivity index (χ1) is 13.5. The van der Waals surface area contributed by atoms with Crippen molar-refractivity contribution in [3.05, 3.63) is 41.3 Å². The van der Waals surface area contributed by atoms with E-state index in [-0.39, 0.29) is 18.4 Å². The van der Waals surface area contributed by atoms with E-state index in [2.05, 4.69) is 5.32 Å². The minimum absolute atomic E-state index is 0.138. The predicted molar refractivity (Wildman–Crippen MR) is 107 cm³/mol. The molecule has 3 rings (SSSR count). The molecule has 1 aromatic heterocycles. The van der Waals surface area contributed by atoms with Gasteiger partial charge in [-0.15, -0.1) is 11.3 Å². The van der Waals surface area contributed by atoms with E-state index in [1.807, 2.05) is 12.1 Å². The van der Waals surface area contributed by atoms with Gasteiger partial charge >= 0.3 is 0 Å². The zero-order valence-electron chi connectivity index (χ0n) is 15.9. The van der Waals surface area contributed by atoms with Gasteiger partial charge in [0.1, 0.15) is 4.21 Å². The van der Waals surface area contributed by atoms with E-state index in [1.54, 1.807) is 37.8 Å². The number of carbonyl (C=O) groups excluding carboxylic acids is 1. The van der Waals surface area contributed by atoms with E-state index in [4.69, 9.17) is 9.47 Å². The molecule has 0 unspecified atom stereocenters. The number of rotatable bonds is 7. The molecule has 28 heavy (non-hydrogen) atoms. The Labute approximate surface area is 169 Å². The van der Waals surface area contributed by atoms with Crippen molar-refractivity contribution in [2.45, 2.75) is 23.6 Å². The summed E-state index contributed by atoms with van der Waals surface area (Å²) in [5.74, 6) is 0.726. The second kappa shape index (κ2) is 8.93. The Morgan fingerprint density at radius 1 is 1.25 bits per heavy atom. The topological polar surface area (TPSA) is 84.9 Å². The number of amides is 1. The first-order valence-electron chi connectivity index (χ1n) is 8.98. The fourth-order valence-electron chi connectivity index (χ4n) is 3.24. The number of thiophene rings is 1. The second-order valence-electron chi connectivity index (χ2n) is 6.54. The quantitative estimate of drug-likeness (QED) is 0.738. The third-order valence-corrected chi connectivity index (χ3v) is 8.00. The number of hydrogen-bond donors (Lipinski definition) is 1.